The summed E-state index contributed by atoms with van der Waals surface area (Å²) in [6, 6.07) is 7.41. The second-order valence-electron chi connectivity index (χ2n) is 5.05. The molecule has 0 unspecified atom stereocenters. The fourth-order valence-corrected chi connectivity index (χ4v) is 1.97. The third-order valence-electron chi connectivity index (χ3n) is 3.27. The lowest BCUT2D eigenvalue weighted by Crippen LogP contribution is -2.32. The molecule has 0 aliphatic heterocycles. The molecular formula is C16H17N3O6. The van der Waals surface area contributed by atoms with E-state index in [1.165, 1.54) is 24.5 Å². The first-order valence-electron chi connectivity index (χ1n) is 7.43. The van der Waals surface area contributed by atoms with Crippen molar-refractivity contribution in [1.82, 2.24) is 5.32 Å². The Morgan fingerprint density at radius 1 is 1.20 bits per heavy atom. The minimum atomic E-state index is -0.620. The molecule has 2 rings (SSSR count). The van der Waals surface area contributed by atoms with E-state index in [1.807, 2.05) is 0 Å². The topological polar surface area (TPSA) is 124 Å². The van der Waals surface area contributed by atoms with Gasteiger partial charge >= 0.3 is 5.97 Å². The Morgan fingerprint density at radius 3 is 2.52 bits per heavy atom. The van der Waals surface area contributed by atoms with Gasteiger partial charge in [-0.15, -0.1) is 0 Å². The number of rotatable bonds is 8. The van der Waals surface area contributed by atoms with E-state index in [-0.39, 0.29) is 17.9 Å². The molecule has 0 saturated carbocycles. The molecule has 2 N–H and O–H groups in total. The van der Waals surface area contributed by atoms with Gasteiger partial charge in [0, 0.05) is 30.9 Å². The molecule has 0 atom stereocenters. The summed E-state index contributed by atoms with van der Waals surface area (Å²) >= 11 is 0. The zero-order valence-corrected chi connectivity index (χ0v) is 13.5. The van der Waals surface area contributed by atoms with Gasteiger partial charge in [-0.05, 0) is 25.1 Å². The molecule has 1 aromatic heterocycles. The molecule has 0 aliphatic carbocycles. The number of anilines is 1. The molecule has 9 heteroatoms. The summed E-state index contributed by atoms with van der Waals surface area (Å²) < 4.78 is 9.87. The van der Waals surface area contributed by atoms with Crippen LogP contribution in [0.3, 0.4) is 0 Å². The van der Waals surface area contributed by atoms with Crippen molar-refractivity contribution >= 4 is 23.3 Å². The third kappa shape index (κ3) is 5.34. The van der Waals surface area contributed by atoms with Crippen LogP contribution in [0.1, 0.15) is 16.1 Å². The van der Waals surface area contributed by atoms with E-state index in [0.717, 1.165) is 0 Å². The van der Waals surface area contributed by atoms with E-state index in [0.29, 0.717) is 24.5 Å². The van der Waals surface area contributed by atoms with E-state index < -0.39 is 16.8 Å². The average molecular weight is 347 g/mol. The summed E-state index contributed by atoms with van der Waals surface area (Å²) in [4.78, 5) is 33.4. The number of nitrogens with one attached hydrogen (secondary N) is 2. The second-order valence-corrected chi connectivity index (χ2v) is 5.05. The van der Waals surface area contributed by atoms with Crippen LogP contribution < -0.4 is 10.6 Å². The van der Waals surface area contributed by atoms with Gasteiger partial charge in [0.25, 0.3) is 11.6 Å². The van der Waals surface area contributed by atoms with Crippen LogP contribution in [0.4, 0.5) is 11.4 Å². The monoisotopic (exact) mass is 347 g/mol. The van der Waals surface area contributed by atoms with Crippen LogP contribution >= 0.6 is 0 Å². The normalized spacial score (nSPS) is 10.1. The van der Waals surface area contributed by atoms with Gasteiger partial charge in [-0.2, -0.15) is 0 Å². The van der Waals surface area contributed by atoms with E-state index in [1.54, 1.807) is 19.1 Å². The summed E-state index contributed by atoms with van der Waals surface area (Å²) in [5.74, 6) is -0.622. The quantitative estimate of drug-likeness (QED) is 0.323. The summed E-state index contributed by atoms with van der Waals surface area (Å²) in [5, 5.41) is 16.1. The zero-order chi connectivity index (χ0) is 18.2. The smallest absolute Gasteiger partial charge is 0.342 e. The number of hydrogen-bond donors (Lipinski definition) is 2. The number of non-ortho nitro benzene ring substituents is 1. The molecule has 0 fully saturated rings. The largest absolute Gasteiger partial charge is 0.469 e. The highest BCUT2D eigenvalue weighted by atomic mass is 16.6. The fourth-order valence-electron chi connectivity index (χ4n) is 1.97. The minimum Gasteiger partial charge on any atom is -0.469 e. The first-order chi connectivity index (χ1) is 12.0. The van der Waals surface area contributed by atoms with E-state index in [4.69, 9.17) is 9.15 Å². The number of benzene rings is 1. The molecule has 25 heavy (non-hydrogen) atoms. The summed E-state index contributed by atoms with van der Waals surface area (Å²) in [6.45, 7) is 1.96. The lowest BCUT2D eigenvalue weighted by Gasteiger charge is -2.08. The molecule has 2 aromatic rings. The SMILES string of the molecule is Cc1occc1C(=O)OCC(=O)NCCNc1ccc([N+](=O)[O-])cc1. The van der Waals surface area contributed by atoms with E-state index in [2.05, 4.69) is 10.6 Å². The van der Waals surface area contributed by atoms with Crippen molar-refractivity contribution in [3.63, 3.8) is 0 Å². The van der Waals surface area contributed by atoms with Crippen LogP contribution in [-0.4, -0.2) is 36.5 Å². The predicted molar refractivity (Wildman–Crippen MR) is 88.3 cm³/mol. The molecule has 0 radical (unpaired) electrons. The summed E-state index contributed by atoms with van der Waals surface area (Å²) in [5.41, 5.74) is 0.989. The Morgan fingerprint density at radius 2 is 1.92 bits per heavy atom. The van der Waals surface area contributed by atoms with Crippen molar-refractivity contribution in [2.45, 2.75) is 6.92 Å². The molecule has 0 bridgehead atoms. The number of furan rings is 1. The zero-order valence-electron chi connectivity index (χ0n) is 13.5. The number of esters is 1. The van der Waals surface area contributed by atoms with Gasteiger partial charge in [0.05, 0.1) is 11.2 Å². The van der Waals surface area contributed by atoms with Crippen molar-refractivity contribution in [2.24, 2.45) is 0 Å². The molecule has 0 aliphatic rings. The van der Waals surface area contributed by atoms with Crippen LogP contribution in [0.5, 0.6) is 0 Å². The number of nitrogens with zero attached hydrogens (tertiary/aromatic N) is 1. The maximum absolute atomic E-state index is 11.7. The van der Waals surface area contributed by atoms with Gasteiger partial charge in [-0.1, -0.05) is 0 Å². The Kier molecular flexibility index (Phi) is 6.10. The Hall–Kier alpha value is -3.36. The van der Waals surface area contributed by atoms with Crippen LogP contribution in [0.25, 0.3) is 0 Å². The van der Waals surface area contributed by atoms with Crippen LogP contribution in [0, 0.1) is 17.0 Å². The van der Waals surface area contributed by atoms with Gasteiger partial charge in [0.15, 0.2) is 6.61 Å². The van der Waals surface area contributed by atoms with Crippen molar-refractivity contribution in [3.8, 4) is 0 Å². The number of hydrogen-bond acceptors (Lipinski definition) is 7. The average Bonchev–Trinajstić information content (AvgIpc) is 3.03. The Bertz CT molecular complexity index is 753. The summed E-state index contributed by atoms with van der Waals surface area (Å²) in [7, 11) is 0. The first kappa shape index (κ1) is 18.0. The van der Waals surface area contributed by atoms with Gasteiger partial charge in [-0.25, -0.2) is 4.79 Å². The first-order valence-corrected chi connectivity index (χ1v) is 7.43. The Balaban J connectivity index is 1.64. The predicted octanol–water partition coefficient (Wildman–Crippen LogP) is 1.88. The number of carbonyl (C=O) groups is 2. The van der Waals surface area contributed by atoms with Gasteiger partial charge in [0.2, 0.25) is 0 Å². The van der Waals surface area contributed by atoms with Crippen LogP contribution in [0.2, 0.25) is 0 Å². The van der Waals surface area contributed by atoms with Crippen LogP contribution in [-0.2, 0) is 9.53 Å². The number of amides is 1. The number of aryl methyl sites for hydroxylation is 1. The highest BCUT2D eigenvalue weighted by molar-refractivity contribution is 5.92. The summed E-state index contributed by atoms with van der Waals surface area (Å²) in [6.07, 6.45) is 1.37. The minimum absolute atomic E-state index is 0.00790. The standard InChI is InChI=1S/C16H17N3O6/c1-11-14(6-9-24-11)16(21)25-10-15(20)18-8-7-17-12-2-4-13(5-3-12)19(22)23/h2-6,9,17H,7-8,10H2,1H3,(H,18,20). The number of nitro benzene ring substituents is 1. The lowest BCUT2D eigenvalue weighted by molar-refractivity contribution is -0.384. The van der Waals surface area contributed by atoms with E-state index >= 15 is 0 Å². The molecule has 0 saturated heterocycles. The van der Waals surface area contributed by atoms with E-state index in [9.17, 15) is 19.7 Å². The highest BCUT2D eigenvalue weighted by Gasteiger charge is 2.14. The number of ether oxygens (including phenoxy) is 1. The van der Waals surface area contributed by atoms with Gasteiger partial charge in [-0.3, -0.25) is 14.9 Å². The van der Waals surface area contributed by atoms with Crippen molar-refractivity contribution < 1.29 is 23.7 Å². The van der Waals surface area contributed by atoms with Crippen molar-refractivity contribution in [2.75, 3.05) is 25.0 Å². The van der Waals surface area contributed by atoms with Gasteiger partial charge < -0.3 is 19.8 Å². The molecule has 9 nitrogen and oxygen atoms in total. The Labute approximate surface area is 143 Å². The molecule has 0 spiro atoms. The lowest BCUT2D eigenvalue weighted by atomic mass is 10.3. The molecule has 1 aromatic carbocycles. The van der Waals surface area contributed by atoms with Gasteiger partial charge in [0.1, 0.15) is 11.3 Å². The molecule has 1 amide bonds. The number of carbonyl (C=O) groups excluding carboxylic acids is 2. The second kappa shape index (κ2) is 8.48. The van der Waals surface area contributed by atoms with Crippen molar-refractivity contribution in [3.05, 3.63) is 58.0 Å². The maximum atomic E-state index is 11.7. The third-order valence-corrected chi connectivity index (χ3v) is 3.27. The fraction of sp³-hybridized carbons (Fsp3) is 0.250. The molecule has 1 heterocycles. The molecule has 132 valence electrons. The van der Waals surface area contributed by atoms with Crippen LogP contribution in [0.15, 0.2) is 41.0 Å². The van der Waals surface area contributed by atoms with Crippen molar-refractivity contribution in [1.29, 1.82) is 0 Å². The maximum Gasteiger partial charge on any atom is 0.342 e. The number of nitro groups is 1. The highest BCUT2D eigenvalue weighted by Crippen LogP contribution is 2.14. The molecular weight excluding hydrogens is 330 g/mol.